The molecule has 0 N–H and O–H groups in total. The highest BCUT2D eigenvalue weighted by molar-refractivity contribution is 6.09. The number of ether oxygens (including phenoxy) is 2. The number of benzene rings is 6. The molecule has 0 spiro atoms. The minimum atomic E-state index is 0.718. The van der Waals surface area contributed by atoms with Crippen molar-refractivity contribution in [1.29, 1.82) is 0 Å². The summed E-state index contributed by atoms with van der Waals surface area (Å²) < 4.78 is 16.6. The van der Waals surface area contributed by atoms with E-state index in [1.807, 2.05) is 24.3 Å². The van der Waals surface area contributed by atoms with Crippen molar-refractivity contribution in [3.05, 3.63) is 175 Å². The Bertz CT molecular complexity index is 2800. The highest BCUT2D eigenvalue weighted by Crippen LogP contribution is 2.44. The molecule has 6 heteroatoms. The highest BCUT2D eigenvalue weighted by Gasteiger charge is 2.25. The second-order valence-electron chi connectivity index (χ2n) is 13.7. The van der Waals surface area contributed by atoms with Crippen LogP contribution in [0.1, 0.15) is 16.7 Å². The predicted octanol–water partition coefficient (Wildman–Crippen LogP) is 12.1. The van der Waals surface area contributed by atoms with Gasteiger partial charge in [0.15, 0.2) is 0 Å². The lowest BCUT2D eigenvalue weighted by molar-refractivity contribution is 0.414. The van der Waals surface area contributed by atoms with E-state index in [0.717, 1.165) is 84.2 Å². The molecule has 0 saturated heterocycles. The topological polar surface area (TPSA) is 54.1 Å². The molecule has 9 aromatic rings. The standard InChI is InChI=1S/C48H38N4O2/c1-31-26-36(52-48(35-18-9-6-10-19-35)46(45-32(2)14-13-15-33(45)3)47(50-52)34-16-7-5-8-17-34)28-39(27-31)54-38-22-23-41-40-20-11-12-21-42(40)51(43(41)29-38)44-30-37(53-4)24-25-49-44/h5-30H,1-4H3. The third-order valence-corrected chi connectivity index (χ3v) is 10.1. The third-order valence-electron chi connectivity index (χ3n) is 10.1. The van der Waals surface area contributed by atoms with Crippen molar-refractivity contribution in [3.63, 3.8) is 0 Å². The van der Waals surface area contributed by atoms with Gasteiger partial charge in [-0.1, -0.05) is 97.1 Å². The van der Waals surface area contributed by atoms with Gasteiger partial charge < -0.3 is 9.47 Å². The Labute approximate surface area is 314 Å². The molecular weight excluding hydrogens is 665 g/mol. The monoisotopic (exact) mass is 702 g/mol. The van der Waals surface area contributed by atoms with Crippen molar-refractivity contribution < 1.29 is 9.47 Å². The number of hydrogen-bond acceptors (Lipinski definition) is 4. The fraction of sp³-hybridized carbons (Fsp3) is 0.0833. The van der Waals surface area contributed by atoms with E-state index >= 15 is 0 Å². The summed E-state index contributed by atoms with van der Waals surface area (Å²) in [7, 11) is 1.67. The Morgan fingerprint density at radius 2 is 1.24 bits per heavy atom. The number of rotatable bonds is 8. The maximum atomic E-state index is 6.75. The molecule has 262 valence electrons. The molecule has 0 saturated carbocycles. The lowest BCUT2D eigenvalue weighted by atomic mass is 9.90. The first-order valence-corrected chi connectivity index (χ1v) is 18.1. The largest absolute Gasteiger partial charge is 0.497 e. The summed E-state index contributed by atoms with van der Waals surface area (Å²) in [6.45, 7) is 6.47. The van der Waals surface area contributed by atoms with Gasteiger partial charge in [0.2, 0.25) is 0 Å². The van der Waals surface area contributed by atoms with Crippen LogP contribution in [0.2, 0.25) is 0 Å². The number of pyridine rings is 1. The Balaban J connectivity index is 1.22. The molecule has 6 nitrogen and oxygen atoms in total. The Kier molecular flexibility index (Phi) is 8.28. The summed E-state index contributed by atoms with van der Waals surface area (Å²) in [6, 6.07) is 52.3. The van der Waals surface area contributed by atoms with Crippen LogP contribution in [0.15, 0.2) is 158 Å². The van der Waals surface area contributed by atoms with E-state index in [2.05, 4.69) is 157 Å². The molecule has 54 heavy (non-hydrogen) atoms. The number of aryl methyl sites for hydroxylation is 3. The number of fused-ring (bicyclic) bond motifs is 3. The first-order valence-electron chi connectivity index (χ1n) is 18.1. The average molecular weight is 703 g/mol. The van der Waals surface area contributed by atoms with Crippen molar-refractivity contribution in [2.45, 2.75) is 20.8 Å². The van der Waals surface area contributed by atoms with Crippen LogP contribution in [0.3, 0.4) is 0 Å². The van der Waals surface area contributed by atoms with E-state index < -0.39 is 0 Å². The van der Waals surface area contributed by atoms with E-state index in [-0.39, 0.29) is 0 Å². The summed E-state index contributed by atoms with van der Waals surface area (Å²) in [6.07, 6.45) is 1.78. The number of hydrogen-bond donors (Lipinski definition) is 0. The fourth-order valence-corrected chi connectivity index (χ4v) is 7.67. The Hall–Kier alpha value is -6.92. The van der Waals surface area contributed by atoms with E-state index in [4.69, 9.17) is 19.6 Å². The van der Waals surface area contributed by atoms with Gasteiger partial charge in [0.25, 0.3) is 0 Å². The van der Waals surface area contributed by atoms with Crippen molar-refractivity contribution in [2.75, 3.05) is 7.11 Å². The lowest BCUT2D eigenvalue weighted by Gasteiger charge is -2.15. The quantitative estimate of drug-likeness (QED) is 0.158. The van der Waals surface area contributed by atoms with E-state index in [1.54, 1.807) is 13.3 Å². The van der Waals surface area contributed by atoms with Crippen LogP contribution < -0.4 is 9.47 Å². The summed E-state index contributed by atoms with van der Waals surface area (Å²) in [5.74, 6) is 2.96. The molecule has 0 aliphatic heterocycles. The molecular formula is C48H38N4O2. The average Bonchev–Trinajstić information content (AvgIpc) is 3.75. The number of methoxy groups -OCH3 is 1. The van der Waals surface area contributed by atoms with Gasteiger partial charge in [-0.15, -0.1) is 0 Å². The highest BCUT2D eigenvalue weighted by atomic mass is 16.5. The number of nitrogens with zero attached hydrogens (tertiary/aromatic N) is 4. The van der Waals surface area contributed by atoms with Gasteiger partial charge >= 0.3 is 0 Å². The summed E-state index contributed by atoms with van der Waals surface area (Å²) in [4.78, 5) is 4.73. The molecule has 6 aromatic carbocycles. The summed E-state index contributed by atoms with van der Waals surface area (Å²) in [5.41, 5.74) is 12.8. The zero-order valence-corrected chi connectivity index (χ0v) is 30.6. The second kappa shape index (κ2) is 13.6. The van der Waals surface area contributed by atoms with Crippen LogP contribution in [0.5, 0.6) is 17.2 Å². The SMILES string of the molecule is COc1ccnc(-n2c3ccccc3c3ccc(Oc4cc(C)cc(-n5nc(-c6ccccc6)c(-c6c(C)cccc6C)c5-c5ccccc5)c4)cc32)c1. The van der Waals surface area contributed by atoms with Crippen LogP contribution in [-0.4, -0.2) is 26.4 Å². The molecule has 0 radical (unpaired) electrons. The smallest absolute Gasteiger partial charge is 0.141 e. The fourth-order valence-electron chi connectivity index (χ4n) is 7.67. The Morgan fingerprint density at radius 3 is 2.00 bits per heavy atom. The molecule has 9 rings (SSSR count). The molecule has 3 aromatic heterocycles. The van der Waals surface area contributed by atoms with Crippen LogP contribution in [-0.2, 0) is 0 Å². The molecule has 3 heterocycles. The first kappa shape index (κ1) is 33.0. The van der Waals surface area contributed by atoms with Crippen molar-refractivity contribution in [2.24, 2.45) is 0 Å². The molecule has 0 atom stereocenters. The van der Waals surface area contributed by atoms with Crippen molar-refractivity contribution in [1.82, 2.24) is 19.3 Å². The predicted molar refractivity (Wildman–Crippen MR) is 219 cm³/mol. The molecule has 0 aliphatic carbocycles. The first-order chi connectivity index (χ1) is 26.5. The van der Waals surface area contributed by atoms with Gasteiger partial charge in [0.1, 0.15) is 28.8 Å². The molecule has 0 unspecified atom stereocenters. The van der Waals surface area contributed by atoms with Crippen LogP contribution >= 0.6 is 0 Å². The number of para-hydroxylation sites is 1. The normalized spacial score (nSPS) is 11.3. The Morgan fingerprint density at radius 1 is 0.537 bits per heavy atom. The molecule has 0 aliphatic rings. The van der Waals surface area contributed by atoms with E-state index in [0.29, 0.717) is 0 Å². The van der Waals surface area contributed by atoms with Gasteiger partial charge in [-0.05, 0) is 79.4 Å². The van der Waals surface area contributed by atoms with Gasteiger partial charge in [-0.3, -0.25) is 4.57 Å². The van der Waals surface area contributed by atoms with Gasteiger partial charge in [0.05, 0.1) is 29.5 Å². The third kappa shape index (κ3) is 5.78. The minimum Gasteiger partial charge on any atom is -0.497 e. The van der Waals surface area contributed by atoms with E-state index in [1.165, 1.54) is 16.7 Å². The maximum absolute atomic E-state index is 6.75. The molecule has 0 amide bonds. The van der Waals surface area contributed by atoms with Gasteiger partial charge in [-0.2, -0.15) is 5.10 Å². The second-order valence-corrected chi connectivity index (χ2v) is 13.7. The maximum Gasteiger partial charge on any atom is 0.141 e. The van der Waals surface area contributed by atoms with Gasteiger partial charge in [0, 0.05) is 51.9 Å². The minimum absolute atomic E-state index is 0.718. The zero-order chi connectivity index (χ0) is 36.8. The van der Waals surface area contributed by atoms with Gasteiger partial charge in [-0.25, -0.2) is 9.67 Å². The molecule has 0 fully saturated rings. The van der Waals surface area contributed by atoms with Crippen LogP contribution in [0.4, 0.5) is 0 Å². The van der Waals surface area contributed by atoms with Crippen LogP contribution in [0.25, 0.3) is 67.0 Å². The molecule has 0 bridgehead atoms. The van der Waals surface area contributed by atoms with Crippen molar-refractivity contribution >= 4 is 21.8 Å². The van der Waals surface area contributed by atoms with Crippen LogP contribution in [0, 0.1) is 20.8 Å². The summed E-state index contributed by atoms with van der Waals surface area (Å²) in [5, 5.41) is 7.70. The number of aromatic nitrogens is 4. The van der Waals surface area contributed by atoms with Crippen molar-refractivity contribution in [3.8, 4) is 62.4 Å². The summed E-state index contributed by atoms with van der Waals surface area (Å²) >= 11 is 0. The lowest BCUT2D eigenvalue weighted by Crippen LogP contribution is -2.01. The zero-order valence-electron chi connectivity index (χ0n) is 30.6. The van der Waals surface area contributed by atoms with E-state index in [9.17, 15) is 0 Å².